The van der Waals surface area contributed by atoms with Crippen molar-refractivity contribution in [1.82, 2.24) is 0 Å². The average molecular weight is 449 g/mol. The van der Waals surface area contributed by atoms with E-state index in [4.69, 9.17) is 4.74 Å². The molecule has 0 radical (unpaired) electrons. The van der Waals surface area contributed by atoms with Gasteiger partial charge >= 0.3 is 0 Å². The maximum absolute atomic E-state index is 5.54. The van der Waals surface area contributed by atoms with Crippen molar-refractivity contribution in [3.8, 4) is 0 Å². The number of morpholine rings is 1. The quantitative estimate of drug-likeness (QED) is 0.226. The Labute approximate surface area is 182 Å². The summed E-state index contributed by atoms with van der Waals surface area (Å²) in [6.45, 7) is 11.8. The monoisotopic (exact) mass is 447 g/mol. The highest BCUT2D eigenvalue weighted by Crippen LogP contribution is 2.16. The molecule has 1 heterocycles. The van der Waals surface area contributed by atoms with Gasteiger partial charge < -0.3 is 26.2 Å². The molecule has 0 aromatic carbocycles. The summed E-state index contributed by atoms with van der Waals surface area (Å²) in [6, 6.07) is 0. The predicted molar refractivity (Wildman–Crippen MR) is 116 cm³/mol. The SMILES string of the molecule is CCCCCCCCCCCCCCCCCC[N+]1(CC)CCOCC1.[Br-]. The number of hydrogen-bond acceptors (Lipinski definition) is 1. The summed E-state index contributed by atoms with van der Waals surface area (Å²) >= 11 is 0. The van der Waals surface area contributed by atoms with Crippen molar-refractivity contribution >= 4 is 0 Å². The van der Waals surface area contributed by atoms with Crippen LogP contribution in [-0.2, 0) is 4.74 Å². The molecule has 3 heteroatoms. The zero-order valence-corrected chi connectivity index (χ0v) is 20.4. The molecule has 2 nitrogen and oxygen atoms in total. The van der Waals surface area contributed by atoms with Gasteiger partial charge in [-0.05, 0) is 19.8 Å². The van der Waals surface area contributed by atoms with E-state index >= 15 is 0 Å². The zero-order valence-electron chi connectivity index (χ0n) is 18.8. The van der Waals surface area contributed by atoms with Gasteiger partial charge in [0.05, 0.1) is 26.3 Å². The van der Waals surface area contributed by atoms with Gasteiger partial charge in [-0.25, -0.2) is 0 Å². The van der Waals surface area contributed by atoms with E-state index in [1.54, 1.807) is 0 Å². The van der Waals surface area contributed by atoms with Crippen molar-refractivity contribution in [3.05, 3.63) is 0 Å². The van der Waals surface area contributed by atoms with E-state index in [0.29, 0.717) is 0 Å². The van der Waals surface area contributed by atoms with Gasteiger partial charge in [-0.2, -0.15) is 0 Å². The van der Waals surface area contributed by atoms with Crippen LogP contribution in [0.2, 0.25) is 0 Å². The van der Waals surface area contributed by atoms with Crippen molar-refractivity contribution in [3.63, 3.8) is 0 Å². The number of hydrogen-bond donors (Lipinski definition) is 0. The minimum atomic E-state index is 0. The standard InChI is InChI=1S/C24H50NO.BrH/c1-3-5-6-7-8-9-10-11-12-13-14-15-16-17-18-19-20-25(4-2)21-23-26-24-22-25;/h3-24H2,1-2H3;1H/q+1;/p-1. The number of rotatable bonds is 18. The van der Waals surface area contributed by atoms with Gasteiger partial charge in [0.15, 0.2) is 0 Å². The topological polar surface area (TPSA) is 9.23 Å². The lowest BCUT2D eigenvalue weighted by atomic mass is 10.0. The molecule has 0 aliphatic carbocycles. The number of unbranched alkanes of at least 4 members (excludes halogenated alkanes) is 15. The molecule has 1 rings (SSSR count). The van der Waals surface area contributed by atoms with Crippen LogP contribution < -0.4 is 17.0 Å². The van der Waals surface area contributed by atoms with E-state index in [-0.39, 0.29) is 17.0 Å². The molecular formula is C24H50BrNO. The molecule has 27 heavy (non-hydrogen) atoms. The first-order chi connectivity index (χ1) is 12.8. The Hall–Kier alpha value is 0.400. The predicted octanol–water partition coefficient (Wildman–Crippen LogP) is 4.12. The summed E-state index contributed by atoms with van der Waals surface area (Å²) in [4.78, 5) is 0. The van der Waals surface area contributed by atoms with Crippen LogP contribution in [0.1, 0.15) is 117 Å². The third-order valence-electron chi connectivity index (χ3n) is 6.58. The van der Waals surface area contributed by atoms with Crippen LogP contribution in [-0.4, -0.2) is 43.9 Å². The van der Waals surface area contributed by atoms with Crippen LogP contribution in [0.15, 0.2) is 0 Å². The van der Waals surface area contributed by atoms with Crippen LogP contribution >= 0.6 is 0 Å². The van der Waals surface area contributed by atoms with E-state index in [2.05, 4.69) is 13.8 Å². The van der Waals surface area contributed by atoms with Gasteiger partial charge in [0.25, 0.3) is 0 Å². The fraction of sp³-hybridized carbons (Fsp3) is 1.00. The highest BCUT2D eigenvalue weighted by atomic mass is 79.9. The molecule has 0 unspecified atom stereocenters. The van der Waals surface area contributed by atoms with E-state index in [1.807, 2.05) is 0 Å². The molecule has 1 aliphatic rings. The Balaban J connectivity index is 0.00000676. The maximum atomic E-state index is 5.54. The molecule has 0 aromatic heterocycles. The zero-order chi connectivity index (χ0) is 18.8. The summed E-state index contributed by atoms with van der Waals surface area (Å²) < 4.78 is 6.86. The van der Waals surface area contributed by atoms with Crippen molar-refractivity contribution in [2.24, 2.45) is 0 Å². The van der Waals surface area contributed by atoms with E-state index < -0.39 is 0 Å². The summed E-state index contributed by atoms with van der Waals surface area (Å²) in [5.74, 6) is 0. The lowest BCUT2D eigenvalue weighted by Gasteiger charge is -2.40. The maximum Gasteiger partial charge on any atom is 0.102 e. The second-order valence-corrected chi connectivity index (χ2v) is 8.74. The van der Waals surface area contributed by atoms with E-state index in [1.165, 1.54) is 133 Å². The number of ether oxygens (including phenoxy) is 1. The van der Waals surface area contributed by atoms with Crippen molar-refractivity contribution in [1.29, 1.82) is 0 Å². The summed E-state index contributed by atoms with van der Waals surface area (Å²) in [6.07, 6.45) is 23.4. The van der Waals surface area contributed by atoms with Crippen LogP contribution in [0, 0.1) is 0 Å². The number of nitrogens with zero attached hydrogens (tertiary/aromatic N) is 1. The summed E-state index contributed by atoms with van der Waals surface area (Å²) in [5.41, 5.74) is 0. The van der Waals surface area contributed by atoms with Gasteiger partial charge in [0, 0.05) is 0 Å². The van der Waals surface area contributed by atoms with Crippen LogP contribution in [0.3, 0.4) is 0 Å². The fourth-order valence-electron chi connectivity index (χ4n) is 4.42. The molecule has 0 amide bonds. The molecule has 0 bridgehead atoms. The van der Waals surface area contributed by atoms with E-state index in [0.717, 1.165) is 13.2 Å². The van der Waals surface area contributed by atoms with Gasteiger partial charge in [0.2, 0.25) is 0 Å². The molecule has 0 spiro atoms. The van der Waals surface area contributed by atoms with E-state index in [9.17, 15) is 0 Å². The number of halogens is 1. The molecular weight excluding hydrogens is 398 g/mol. The number of quaternary nitrogens is 1. The Kier molecular flexibility index (Phi) is 20.0. The molecule has 1 saturated heterocycles. The average Bonchev–Trinajstić information content (AvgIpc) is 2.68. The first-order valence-corrected chi connectivity index (χ1v) is 12.3. The second-order valence-electron chi connectivity index (χ2n) is 8.74. The largest absolute Gasteiger partial charge is 1.00 e. The minimum Gasteiger partial charge on any atom is -1.00 e. The lowest BCUT2D eigenvalue weighted by molar-refractivity contribution is -0.933. The van der Waals surface area contributed by atoms with Crippen LogP contribution in [0.25, 0.3) is 0 Å². The number of likely N-dealkylation sites (N-methyl/N-ethyl adjacent to an activating group) is 1. The first-order valence-electron chi connectivity index (χ1n) is 12.3. The molecule has 0 atom stereocenters. The van der Waals surface area contributed by atoms with Crippen LogP contribution in [0.4, 0.5) is 0 Å². The van der Waals surface area contributed by atoms with Gasteiger partial charge in [-0.1, -0.05) is 96.8 Å². The van der Waals surface area contributed by atoms with Crippen LogP contribution in [0.5, 0.6) is 0 Å². The Morgan fingerprint density at radius 3 is 1.30 bits per heavy atom. The lowest BCUT2D eigenvalue weighted by Crippen LogP contribution is -3.00. The second kappa shape index (κ2) is 19.7. The Bertz CT molecular complexity index is 292. The van der Waals surface area contributed by atoms with Crippen molar-refractivity contribution in [2.45, 2.75) is 117 Å². The fourth-order valence-corrected chi connectivity index (χ4v) is 4.42. The van der Waals surface area contributed by atoms with Gasteiger partial charge in [-0.3, -0.25) is 0 Å². The highest BCUT2D eigenvalue weighted by molar-refractivity contribution is 4.52. The Morgan fingerprint density at radius 1 is 0.556 bits per heavy atom. The van der Waals surface area contributed by atoms with Gasteiger partial charge in [-0.15, -0.1) is 0 Å². The molecule has 0 saturated carbocycles. The van der Waals surface area contributed by atoms with Gasteiger partial charge in [0.1, 0.15) is 13.1 Å². The third kappa shape index (κ3) is 15.0. The molecule has 0 N–H and O–H groups in total. The molecule has 164 valence electrons. The van der Waals surface area contributed by atoms with Crippen molar-refractivity contribution < 1.29 is 26.2 Å². The highest BCUT2D eigenvalue weighted by Gasteiger charge is 2.27. The van der Waals surface area contributed by atoms with Crippen molar-refractivity contribution in [2.75, 3.05) is 39.4 Å². The Morgan fingerprint density at radius 2 is 0.926 bits per heavy atom. The summed E-state index contributed by atoms with van der Waals surface area (Å²) in [5, 5.41) is 0. The normalized spacial score (nSPS) is 16.2. The smallest absolute Gasteiger partial charge is 0.102 e. The molecule has 1 aliphatic heterocycles. The first kappa shape index (κ1) is 27.4. The minimum absolute atomic E-state index is 0. The molecule has 1 fully saturated rings. The summed E-state index contributed by atoms with van der Waals surface area (Å²) in [7, 11) is 0. The third-order valence-corrected chi connectivity index (χ3v) is 6.58. The molecule has 0 aromatic rings.